The van der Waals surface area contributed by atoms with Crippen LogP contribution in [0.1, 0.15) is 126 Å². The predicted octanol–water partition coefficient (Wildman–Crippen LogP) is 12.1. The molecule has 0 bridgehead atoms. The summed E-state index contributed by atoms with van der Waals surface area (Å²) in [4.78, 5) is 22.1. The number of hydrogen-bond donors (Lipinski definition) is 0. The molecule has 0 aliphatic heterocycles. The lowest BCUT2D eigenvalue weighted by Gasteiger charge is -2.38. The molecule has 272 valence electrons. The molecule has 0 radical (unpaired) electrons. The van der Waals surface area contributed by atoms with Gasteiger partial charge in [-0.3, -0.25) is 9.59 Å². The molecule has 0 saturated heterocycles. The first-order valence-electron chi connectivity index (χ1n) is 18.3. The molecular weight excluding hydrogens is 675 g/mol. The lowest BCUT2D eigenvalue weighted by atomic mass is 9.64. The molecule has 0 aliphatic carbocycles. The summed E-state index contributed by atoms with van der Waals surface area (Å²) in [6, 6.07) is 35.2. The van der Waals surface area contributed by atoms with Gasteiger partial charge in [-0.05, 0) is 130 Å². The van der Waals surface area contributed by atoms with Crippen LogP contribution in [0.25, 0.3) is 0 Å². The topological polar surface area (TPSA) is 52.6 Å². The fraction of sp³-hybridized carbons (Fsp3) is 0.422. The molecule has 0 spiro atoms. The SMILES string of the molecule is CC(C)(C)c1ccc(C(c2ccc(OCCCCCC(=O)Cl)cc2)(c2ccc(OCCCCCC(=O)Cl)cc2)c2ccc(C(C)(C)C)cc2)cc1. The Morgan fingerprint density at radius 2 is 0.706 bits per heavy atom. The molecule has 6 heteroatoms. The number of unbranched alkanes of at least 4 members (excludes halogenated alkanes) is 4. The van der Waals surface area contributed by atoms with E-state index in [9.17, 15) is 9.59 Å². The van der Waals surface area contributed by atoms with E-state index in [1.54, 1.807) is 0 Å². The number of rotatable bonds is 18. The summed E-state index contributed by atoms with van der Waals surface area (Å²) < 4.78 is 12.3. The minimum Gasteiger partial charge on any atom is -0.494 e. The summed E-state index contributed by atoms with van der Waals surface area (Å²) in [5.74, 6) is 1.62. The summed E-state index contributed by atoms with van der Waals surface area (Å²) in [6.07, 6.45) is 5.85. The average Bonchev–Trinajstić information content (AvgIpc) is 3.09. The fourth-order valence-electron chi connectivity index (χ4n) is 6.51. The van der Waals surface area contributed by atoms with Crippen LogP contribution in [0, 0.1) is 0 Å². The highest BCUT2D eigenvalue weighted by Gasteiger charge is 2.39. The number of benzene rings is 4. The largest absolute Gasteiger partial charge is 0.494 e. The normalized spacial score (nSPS) is 12.1. The number of halogens is 2. The highest BCUT2D eigenvalue weighted by molar-refractivity contribution is 6.63. The molecule has 0 aromatic heterocycles. The van der Waals surface area contributed by atoms with Crippen LogP contribution in [0.3, 0.4) is 0 Å². The number of ether oxygens (including phenoxy) is 2. The highest BCUT2D eigenvalue weighted by atomic mass is 35.5. The van der Waals surface area contributed by atoms with Gasteiger partial charge < -0.3 is 9.47 Å². The van der Waals surface area contributed by atoms with Crippen LogP contribution < -0.4 is 9.47 Å². The van der Waals surface area contributed by atoms with E-state index < -0.39 is 5.41 Å². The van der Waals surface area contributed by atoms with Crippen molar-refractivity contribution >= 4 is 33.7 Å². The average molecular weight is 730 g/mol. The third-order valence-corrected chi connectivity index (χ3v) is 9.89. The van der Waals surface area contributed by atoms with Gasteiger partial charge in [-0.15, -0.1) is 0 Å². The van der Waals surface area contributed by atoms with E-state index in [0.29, 0.717) is 26.1 Å². The van der Waals surface area contributed by atoms with Gasteiger partial charge in [-0.1, -0.05) is 114 Å². The zero-order chi connectivity index (χ0) is 37.1. The molecule has 0 unspecified atom stereocenters. The first-order valence-corrected chi connectivity index (χ1v) is 19.0. The second-order valence-corrected chi connectivity index (χ2v) is 16.3. The van der Waals surface area contributed by atoms with Gasteiger partial charge >= 0.3 is 0 Å². The van der Waals surface area contributed by atoms with Crippen molar-refractivity contribution in [3.8, 4) is 11.5 Å². The van der Waals surface area contributed by atoms with Gasteiger partial charge in [-0.25, -0.2) is 0 Å². The standard InChI is InChI=1S/C45H54Cl2O4/c1-43(2,3)33-15-19-35(20-16-33)45(36-21-17-34(18-22-36)44(4,5)6,37-23-27-39(28-24-37)50-31-11-7-9-13-41(46)48)38-25-29-40(30-26-38)51-32-12-8-10-14-42(47)49/h15-30H,7-14,31-32H2,1-6H3. The van der Waals surface area contributed by atoms with Gasteiger partial charge in [0.2, 0.25) is 10.5 Å². The number of hydrogen-bond acceptors (Lipinski definition) is 4. The van der Waals surface area contributed by atoms with Crippen molar-refractivity contribution in [1.82, 2.24) is 0 Å². The Hall–Kier alpha value is -3.60. The van der Waals surface area contributed by atoms with Crippen molar-refractivity contribution < 1.29 is 19.1 Å². The lowest BCUT2D eigenvalue weighted by molar-refractivity contribution is -0.112. The van der Waals surface area contributed by atoms with Crippen LogP contribution in [-0.2, 0) is 25.8 Å². The van der Waals surface area contributed by atoms with Crippen molar-refractivity contribution in [3.63, 3.8) is 0 Å². The van der Waals surface area contributed by atoms with Gasteiger partial charge in [0.15, 0.2) is 0 Å². The minimum absolute atomic E-state index is 0.0204. The van der Waals surface area contributed by atoms with Crippen LogP contribution in [0.4, 0.5) is 0 Å². The molecule has 0 fully saturated rings. The van der Waals surface area contributed by atoms with Gasteiger partial charge in [0.05, 0.1) is 18.6 Å². The second kappa shape index (κ2) is 18.2. The van der Waals surface area contributed by atoms with Gasteiger partial charge in [0.1, 0.15) is 11.5 Å². The molecule has 4 aromatic carbocycles. The molecule has 4 aromatic rings. The van der Waals surface area contributed by atoms with E-state index in [0.717, 1.165) is 61.2 Å². The Labute approximate surface area is 315 Å². The molecule has 4 rings (SSSR count). The molecule has 0 N–H and O–H groups in total. The van der Waals surface area contributed by atoms with E-state index in [4.69, 9.17) is 32.7 Å². The van der Waals surface area contributed by atoms with Crippen LogP contribution in [0.5, 0.6) is 11.5 Å². The Kier molecular flexibility index (Phi) is 14.4. The quantitative estimate of drug-likeness (QED) is 0.0581. The molecular formula is C45H54Cl2O4. The predicted molar refractivity (Wildman–Crippen MR) is 212 cm³/mol. The van der Waals surface area contributed by atoms with Crippen molar-refractivity contribution in [3.05, 3.63) is 130 Å². The van der Waals surface area contributed by atoms with Gasteiger partial charge in [0, 0.05) is 12.8 Å². The molecule has 0 amide bonds. The zero-order valence-electron chi connectivity index (χ0n) is 31.2. The monoisotopic (exact) mass is 728 g/mol. The van der Waals surface area contributed by atoms with Crippen molar-refractivity contribution in [1.29, 1.82) is 0 Å². The summed E-state index contributed by atoms with van der Waals surface area (Å²) in [5, 5.41) is -0.571. The van der Waals surface area contributed by atoms with Crippen molar-refractivity contribution in [2.24, 2.45) is 0 Å². The smallest absolute Gasteiger partial charge is 0.221 e. The number of carbonyl (C=O) groups is 2. The molecule has 4 nitrogen and oxygen atoms in total. The van der Waals surface area contributed by atoms with E-state index in [1.165, 1.54) is 22.3 Å². The van der Waals surface area contributed by atoms with E-state index in [2.05, 4.69) is 139 Å². The first-order chi connectivity index (χ1) is 24.2. The van der Waals surface area contributed by atoms with Crippen molar-refractivity contribution in [2.45, 2.75) is 109 Å². The van der Waals surface area contributed by atoms with Gasteiger partial charge in [-0.2, -0.15) is 0 Å². The van der Waals surface area contributed by atoms with Crippen LogP contribution in [0.15, 0.2) is 97.1 Å². The summed E-state index contributed by atoms with van der Waals surface area (Å²) in [7, 11) is 0. The highest BCUT2D eigenvalue weighted by Crippen LogP contribution is 2.47. The summed E-state index contributed by atoms with van der Waals surface area (Å²) in [5.41, 5.74) is 6.57. The molecule has 0 saturated carbocycles. The lowest BCUT2D eigenvalue weighted by Crippen LogP contribution is -2.31. The van der Waals surface area contributed by atoms with Crippen molar-refractivity contribution in [2.75, 3.05) is 13.2 Å². The number of carbonyl (C=O) groups excluding carboxylic acids is 2. The maximum Gasteiger partial charge on any atom is 0.221 e. The Morgan fingerprint density at radius 3 is 0.980 bits per heavy atom. The Morgan fingerprint density at radius 1 is 0.431 bits per heavy atom. The Balaban J connectivity index is 1.76. The summed E-state index contributed by atoms with van der Waals surface area (Å²) in [6.45, 7) is 14.6. The maximum atomic E-state index is 11.1. The Bertz CT molecular complexity index is 1550. The maximum absolute atomic E-state index is 11.1. The third kappa shape index (κ3) is 11.2. The second-order valence-electron chi connectivity index (χ2n) is 15.5. The first kappa shape index (κ1) is 40.2. The molecule has 51 heavy (non-hydrogen) atoms. The van der Waals surface area contributed by atoms with E-state index >= 15 is 0 Å². The van der Waals surface area contributed by atoms with E-state index in [1.807, 2.05) is 0 Å². The minimum atomic E-state index is -0.633. The fourth-order valence-corrected chi connectivity index (χ4v) is 6.78. The third-order valence-electron chi connectivity index (χ3n) is 9.52. The zero-order valence-corrected chi connectivity index (χ0v) is 32.7. The molecule has 0 atom stereocenters. The van der Waals surface area contributed by atoms with Gasteiger partial charge in [0.25, 0.3) is 0 Å². The van der Waals surface area contributed by atoms with Crippen LogP contribution in [0.2, 0.25) is 0 Å². The van der Waals surface area contributed by atoms with Crippen LogP contribution >= 0.6 is 23.2 Å². The van der Waals surface area contributed by atoms with E-state index in [-0.39, 0.29) is 21.3 Å². The molecule has 0 aliphatic rings. The molecule has 0 heterocycles. The summed E-state index contributed by atoms with van der Waals surface area (Å²) >= 11 is 11.0. The van der Waals surface area contributed by atoms with Crippen LogP contribution in [-0.4, -0.2) is 23.7 Å².